The number of hydrazine groups is 1. The molecule has 0 radical (unpaired) electrons. The van der Waals surface area contributed by atoms with Gasteiger partial charge in [-0.1, -0.05) is 160 Å². The van der Waals surface area contributed by atoms with Gasteiger partial charge in [0.15, 0.2) is 11.6 Å². The van der Waals surface area contributed by atoms with E-state index in [1.54, 1.807) is 42.6 Å². The monoisotopic (exact) mass is 1700 g/mol. The number of benzene rings is 3. The van der Waals surface area contributed by atoms with E-state index in [1.165, 1.54) is 72.7 Å². The number of H-pyrrole nitrogens is 1. The summed E-state index contributed by atoms with van der Waals surface area (Å²) in [6, 6.07) is 10.1. The number of nitrogens with two attached hydrogens (primary N) is 1. The second-order valence-corrected chi connectivity index (χ2v) is 34.0. The molecule has 31 nitrogen and oxygen atoms in total. The van der Waals surface area contributed by atoms with Crippen LogP contribution in [0.5, 0.6) is 0 Å². The Morgan fingerprint density at radius 3 is 1.89 bits per heavy atom. The van der Waals surface area contributed by atoms with Crippen molar-refractivity contribution in [2.24, 2.45) is 41.2 Å². The van der Waals surface area contributed by atoms with E-state index in [1.807, 2.05) is 58.0 Å². The van der Waals surface area contributed by atoms with Crippen LogP contribution in [0.1, 0.15) is 245 Å². The zero-order valence-corrected chi connectivity index (χ0v) is 71.8. The third kappa shape index (κ3) is 32.0. The Hall–Kier alpha value is -10.7. The van der Waals surface area contributed by atoms with Crippen LogP contribution in [0.25, 0.3) is 10.9 Å². The highest BCUT2D eigenvalue weighted by Crippen LogP contribution is 2.35. The number of Topliss-reactive ketones (excluding diaryl/α,β-unsaturated/α-hetero) is 5. The van der Waals surface area contributed by atoms with E-state index < -0.39 is 191 Å². The summed E-state index contributed by atoms with van der Waals surface area (Å²) in [5.41, 5.74) is 9.54. The van der Waals surface area contributed by atoms with Gasteiger partial charge < -0.3 is 68.6 Å². The van der Waals surface area contributed by atoms with Crippen LogP contribution in [-0.2, 0) is 91.2 Å². The summed E-state index contributed by atoms with van der Waals surface area (Å²) in [6.07, 6.45) is 7.78. The van der Waals surface area contributed by atoms with Crippen LogP contribution in [-0.4, -0.2) is 180 Å². The number of carboxylic acids is 2. The predicted molar refractivity (Wildman–Crippen MR) is 460 cm³/mol. The molecule has 2 heterocycles. The van der Waals surface area contributed by atoms with Gasteiger partial charge in [-0.2, -0.15) is 0 Å². The van der Waals surface area contributed by atoms with Crippen molar-refractivity contribution < 1.29 is 92.0 Å². The number of allylic oxidation sites excluding steroid dienone is 2. The van der Waals surface area contributed by atoms with E-state index in [9.17, 15) is 63.3 Å². The second kappa shape index (κ2) is 49.4. The molecule has 15 atom stereocenters. The Labute approximate surface area is 715 Å². The number of aliphatic hydroxyl groups is 1. The van der Waals surface area contributed by atoms with Crippen molar-refractivity contribution in [3.8, 4) is 0 Å². The molecule has 1 saturated carbocycles. The first kappa shape index (κ1) is 102. The van der Waals surface area contributed by atoms with Crippen molar-refractivity contribution in [1.82, 2.24) is 58.4 Å². The number of amides is 9. The Bertz CT molecular complexity index is 4290. The van der Waals surface area contributed by atoms with Crippen LogP contribution in [0.4, 0.5) is 0 Å². The fourth-order valence-electron chi connectivity index (χ4n) is 15.1. The molecule has 1 aliphatic carbocycles. The van der Waals surface area contributed by atoms with E-state index in [0.717, 1.165) is 30.2 Å². The number of aromatic nitrogens is 1. The zero-order chi connectivity index (χ0) is 89.4. The third-order valence-corrected chi connectivity index (χ3v) is 23.2. The molecule has 31 heteroatoms. The lowest BCUT2D eigenvalue weighted by Gasteiger charge is -2.34. The molecule has 9 amide bonds. The van der Waals surface area contributed by atoms with E-state index in [2.05, 4.69) is 58.4 Å². The molecule has 0 saturated heterocycles. The van der Waals surface area contributed by atoms with Gasteiger partial charge in [0.1, 0.15) is 41.0 Å². The standard InChI is InChI=1S/C90H128N12O19.CH4/c1-12-53(4)76(74(107)45-54(5)80(91)112)102-101-56(7)79(111)78(110)55(6)93-87(120)89(10)42-25-18-16-14-13-15-17-19-26-43-90(11,100-84(116)71(48-60-28-21-20-22-29-60)96-85(117)77(57(8)103)98-83(115)70(44-52(2)3)94-58(9)104)88(121)97-68(39-41-75(108)109)82(114)95-69(47-61-34-36-62(37-35-61)86(118)119)73(106)50-64(49-65-51-92-67-33-24-23-32-66(65)67)72(105)40-38-63(81(113)99-89)46-59-30-27-31-59;/h14,16,20-24,28-29,32-37,51-57,59,63-64,68-71,76-77,92,101-103H,12-13,15,17-19,25-27,30-31,38-50H2,1-11H3,(H2,91,112)(H,93,120)(H,94,104)(H,95,114)(H,96,117)(H,97,121)(H,98,115)(H,99,113)(H,100,116)(H,108,109)(H,118,119);1H4/b16-14+;/t53?,54-,55?,56?,57+,63-,64+,68-,69-,70-,71-,76-,77-,89-,90+;/m0./s1. The maximum Gasteiger partial charge on any atom is 0.335 e. The summed E-state index contributed by atoms with van der Waals surface area (Å²) < 4.78 is 0. The number of hydrogen-bond acceptors (Lipinski definition) is 19. The normalized spacial score (nSPS) is 22.2. The first-order valence-electron chi connectivity index (χ1n) is 42.6. The number of carbonyl (C=O) groups excluding carboxylic acids is 14. The van der Waals surface area contributed by atoms with Crippen molar-refractivity contribution in [2.45, 2.75) is 303 Å². The molecule has 0 bridgehead atoms. The van der Waals surface area contributed by atoms with Crippen molar-refractivity contribution in [2.75, 3.05) is 0 Å². The highest BCUT2D eigenvalue weighted by atomic mass is 16.4. The number of fused-ring (bicyclic) bond motifs is 1. The summed E-state index contributed by atoms with van der Waals surface area (Å²) in [5, 5.41) is 53.7. The average Bonchev–Trinajstić information content (AvgIpc) is 1.61. The van der Waals surface area contributed by atoms with Gasteiger partial charge in [0.2, 0.25) is 64.7 Å². The molecule has 1 aromatic heterocycles. The Morgan fingerprint density at radius 2 is 1.27 bits per heavy atom. The number of carbonyl (C=O) groups is 16. The minimum Gasteiger partial charge on any atom is -0.481 e. The molecule has 4 aromatic rings. The molecule has 3 aromatic carbocycles. The summed E-state index contributed by atoms with van der Waals surface area (Å²) >= 11 is 0. The van der Waals surface area contributed by atoms with Crippen LogP contribution in [0.2, 0.25) is 0 Å². The number of rotatable bonds is 36. The lowest BCUT2D eigenvalue weighted by atomic mass is 9.76. The highest BCUT2D eigenvalue weighted by molar-refractivity contribution is 6.41. The average molecular weight is 1700 g/mol. The van der Waals surface area contributed by atoms with Crippen molar-refractivity contribution in [3.05, 3.63) is 119 Å². The number of carboxylic acid groups (broad SMARTS) is 2. The molecule has 1 fully saturated rings. The van der Waals surface area contributed by atoms with E-state index in [0.29, 0.717) is 68.1 Å². The van der Waals surface area contributed by atoms with Crippen molar-refractivity contribution in [3.63, 3.8) is 0 Å². The number of nitrogens with one attached hydrogen (secondary N) is 11. The quantitative estimate of drug-likeness (QED) is 0.0119. The van der Waals surface area contributed by atoms with Gasteiger partial charge in [-0.05, 0) is 164 Å². The fraction of sp³-hybridized carbons (Fsp3) is 0.582. The number of aromatic amines is 1. The van der Waals surface area contributed by atoms with E-state index >= 15 is 28.8 Å². The minimum absolute atomic E-state index is 0. The first-order valence-corrected chi connectivity index (χ1v) is 42.6. The van der Waals surface area contributed by atoms with Gasteiger partial charge in [-0.25, -0.2) is 15.6 Å². The Morgan fingerprint density at radius 1 is 0.623 bits per heavy atom. The largest absolute Gasteiger partial charge is 0.481 e. The fourth-order valence-corrected chi connectivity index (χ4v) is 15.1. The summed E-state index contributed by atoms with van der Waals surface area (Å²) in [5.74, 6) is -16.4. The predicted octanol–water partition coefficient (Wildman–Crippen LogP) is 7.45. The number of hydrogen-bond donors (Lipinski definition) is 15. The summed E-state index contributed by atoms with van der Waals surface area (Å²) in [6.45, 7) is 17.0. The first-order chi connectivity index (χ1) is 57.2. The van der Waals surface area contributed by atoms with Gasteiger partial charge in [0.25, 0.3) is 0 Å². The lowest BCUT2D eigenvalue weighted by molar-refractivity contribution is -0.141. The molecule has 3 unspecified atom stereocenters. The minimum atomic E-state index is -1.99. The number of aliphatic hydroxyl groups excluding tert-OH is 1. The van der Waals surface area contributed by atoms with Crippen LogP contribution in [0, 0.1) is 35.5 Å². The van der Waals surface area contributed by atoms with Crippen LogP contribution >= 0.6 is 0 Å². The molecule has 1 aliphatic heterocycles. The Balaban J connectivity index is 0.0000265. The molecule has 0 spiro atoms. The maximum atomic E-state index is 15.6. The van der Waals surface area contributed by atoms with E-state index in [4.69, 9.17) is 5.73 Å². The van der Waals surface area contributed by atoms with Crippen molar-refractivity contribution in [1.29, 1.82) is 0 Å². The SMILES string of the molecule is C.CCC(C)[C@H](NNC(C)C(=O)C(=O)C(C)NC(=O)[C@]1(C)CCC/C=C/CCCCCC[C@@](C)(NC(=O)[C@H](Cc2ccccc2)NC(=O)[C@@H](NC(=O)[C@H](CC(C)C)NC(C)=O)[C@@H](C)O)C(=O)N[C@@H](CCC(=O)O)C(=O)N[C@@H](Cc2ccc(C(=O)O)cc2)C(=O)C[C@@H](Cc2c[nH]c3ccccc23)C(=O)CC[C@@H](CC2CCC2)C(=O)N1)C(=O)C[C@H](C)C(N)=O. The van der Waals surface area contributed by atoms with Crippen LogP contribution < -0.4 is 59.1 Å². The summed E-state index contributed by atoms with van der Waals surface area (Å²) in [4.78, 5) is 229. The number of ketones is 5. The summed E-state index contributed by atoms with van der Waals surface area (Å²) in [7, 11) is 0. The lowest BCUT2D eigenvalue weighted by Crippen LogP contribution is -2.65. The van der Waals surface area contributed by atoms with Gasteiger partial charge in [-0.15, -0.1) is 0 Å². The molecule has 122 heavy (non-hydrogen) atoms. The van der Waals surface area contributed by atoms with Crippen molar-refractivity contribution >= 4 is 105 Å². The third-order valence-electron chi connectivity index (χ3n) is 23.2. The Kier molecular flexibility index (Phi) is 41.3. The molecule has 16 N–H and O–H groups in total. The topological polar surface area (TPSA) is 496 Å². The molecule has 6 rings (SSSR count). The van der Waals surface area contributed by atoms with Gasteiger partial charge >= 0.3 is 11.9 Å². The number of primary amides is 1. The molecular weight excluding hydrogens is 1570 g/mol. The maximum absolute atomic E-state index is 15.6. The van der Waals surface area contributed by atoms with Gasteiger partial charge in [0.05, 0.1) is 35.8 Å². The zero-order valence-electron chi connectivity index (χ0n) is 71.8. The highest BCUT2D eigenvalue weighted by Gasteiger charge is 2.44. The van der Waals surface area contributed by atoms with Crippen LogP contribution in [0.3, 0.4) is 0 Å². The molecule has 2 aliphatic rings. The molecular formula is C91H132N12O19. The number of para-hydroxylation sites is 1. The van der Waals surface area contributed by atoms with E-state index in [-0.39, 0.29) is 101 Å². The second-order valence-electron chi connectivity index (χ2n) is 34.0. The molecule has 670 valence electrons. The smallest absolute Gasteiger partial charge is 0.335 e. The van der Waals surface area contributed by atoms with Gasteiger partial charge in [-0.3, -0.25) is 71.9 Å². The number of aromatic carboxylic acids is 1. The number of aliphatic carboxylic acids is 1. The van der Waals surface area contributed by atoms with Gasteiger partial charge in [0, 0.05) is 73.9 Å². The van der Waals surface area contributed by atoms with Crippen LogP contribution in [0.15, 0.2) is 97.2 Å².